The van der Waals surface area contributed by atoms with Crippen molar-refractivity contribution >= 4 is 37.8 Å². The predicted molar refractivity (Wildman–Crippen MR) is 72.9 cm³/mol. The zero-order valence-corrected chi connectivity index (χ0v) is 13.0. The third kappa shape index (κ3) is 2.20. The van der Waals surface area contributed by atoms with Crippen LogP contribution >= 0.6 is 31.9 Å². The van der Waals surface area contributed by atoms with Gasteiger partial charge in [0.1, 0.15) is 0 Å². The Morgan fingerprint density at radius 1 is 1.31 bits per heavy atom. The average molecular weight is 353 g/mol. The number of alkyl halides is 2. The molecule has 1 N–H and O–H groups in total. The largest absolute Gasteiger partial charge is 0.353 e. The highest BCUT2D eigenvalue weighted by Crippen LogP contribution is 2.66. The third-order valence-corrected chi connectivity index (χ3v) is 6.50. The molecule has 0 aliphatic heterocycles. The van der Waals surface area contributed by atoms with Gasteiger partial charge in [-0.15, -0.1) is 0 Å². The number of carbonyl (C=O) groups excluding carboxylic acids is 1. The van der Waals surface area contributed by atoms with Crippen LogP contribution in [0.5, 0.6) is 0 Å². The van der Waals surface area contributed by atoms with E-state index in [1.54, 1.807) is 0 Å². The molecule has 2 aliphatic rings. The van der Waals surface area contributed by atoms with E-state index in [1.807, 2.05) is 6.92 Å². The first-order chi connectivity index (χ1) is 7.37. The fourth-order valence-corrected chi connectivity index (χ4v) is 3.99. The van der Waals surface area contributed by atoms with Gasteiger partial charge >= 0.3 is 0 Å². The molecule has 0 aromatic rings. The number of carbonyl (C=O) groups is 1. The fraction of sp³-hybridized carbons (Fsp3) is 0.917. The van der Waals surface area contributed by atoms with Gasteiger partial charge in [0.05, 0.1) is 8.65 Å². The Labute approximate surface area is 114 Å². The third-order valence-electron chi connectivity index (χ3n) is 4.19. The molecule has 0 radical (unpaired) electrons. The lowest BCUT2D eigenvalue weighted by Gasteiger charge is -2.30. The number of hydrogen-bond donors (Lipinski definition) is 1. The SMILES string of the molecule is C[C@H]1CCCC[C@@H]1NC(=O)[C@@]1(C)CC1(Br)Br. The minimum absolute atomic E-state index is 0.172. The monoisotopic (exact) mass is 351 g/mol. The van der Waals surface area contributed by atoms with E-state index in [1.165, 1.54) is 19.3 Å². The zero-order valence-electron chi connectivity index (χ0n) is 9.85. The van der Waals surface area contributed by atoms with Crippen molar-refractivity contribution in [2.24, 2.45) is 11.3 Å². The van der Waals surface area contributed by atoms with Crippen LogP contribution in [0.15, 0.2) is 0 Å². The highest BCUT2D eigenvalue weighted by Gasteiger charge is 2.66. The molecule has 2 aliphatic carbocycles. The fourth-order valence-electron chi connectivity index (χ4n) is 2.50. The Bertz CT molecular complexity index is 305. The first-order valence-corrected chi connectivity index (χ1v) is 7.64. The first-order valence-electron chi connectivity index (χ1n) is 6.06. The number of amides is 1. The van der Waals surface area contributed by atoms with Crippen molar-refractivity contribution in [2.45, 2.75) is 55.2 Å². The van der Waals surface area contributed by atoms with Crippen molar-refractivity contribution in [1.82, 2.24) is 5.32 Å². The highest BCUT2D eigenvalue weighted by molar-refractivity contribution is 9.25. The maximum Gasteiger partial charge on any atom is 0.228 e. The summed E-state index contributed by atoms with van der Waals surface area (Å²) >= 11 is 7.09. The van der Waals surface area contributed by atoms with Crippen molar-refractivity contribution in [1.29, 1.82) is 0 Å². The number of rotatable bonds is 2. The van der Waals surface area contributed by atoms with Crippen LogP contribution in [-0.4, -0.2) is 15.2 Å². The highest BCUT2D eigenvalue weighted by atomic mass is 79.9. The standard InChI is InChI=1S/C12H19Br2NO/c1-8-5-3-4-6-9(8)15-10(16)11(2)7-12(11,13)14/h8-9H,3-7H2,1-2H3,(H,15,16)/t8-,9-,11+/m0/s1. The van der Waals surface area contributed by atoms with Crippen LogP contribution in [0.1, 0.15) is 46.0 Å². The van der Waals surface area contributed by atoms with Gasteiger partial charge in [0.15, 0.2) is 0 Å². The van der Waals surface area contributed by atoms with Crippen LogP contribution in [0.25, 0.3) is 0 Å². The summed E-state index contributed by atoms with van der Waals surface area (Å²) in [6, 6.07) is 0.384. The molecular weight excluding hydrogens is 334 g/mol. The number of hydrogen-bond acceptors (Lipinski definition) is 1. The lowest BCUT2D eigenvalue weighted by atomic mass is 9.85. The lowest BCUT2D eigenvalue weighted by molar-refractivity contribution is -0.127. The molecule has 2 rings (SSSR count). The van der Waals surface area contributed by atoms with Gasteiger partial charge in [-0.05, 0) is 32.1 Å². The Hall–Kier alpha value is 0.430. The molecule has 1 amide bonds. The van der Waals surface area contributed by atoms with Crippen LogP contribution in [0.4, 0.5) is 0 Å². The average Bonchev–Trinajstić information content (AvgIpc) is 2.71. The normalized spacial score (nSPS) is 41.5. The van der Waals surface area contributed by atoms with Crippen molar-refractivity contribution in [3.8, 4) is 0 Å². The topological polar surface area (TPSA) is 29.1 Å². The van der Waals surface area contributed by atoms with E-state index in [4.69, 9.17) is 0 Å². The van der Waals surface area contributed by atoms with Crippen molar-refractivity contribution in [3.05, 3.63) is 0 Å². The second kappa shape index (κ2) is 4.27. The minimum Gasteiger partial charge on any atom is -0.353 e. The van der Waals surface area contributed by atoms with Gasteiger partial charge in [0.25, 0.3) is 0 Å². The molecule has 3 atom stereocenters. The Morgan fingerprint density at radius 2 is 1.88 bits per heavy atom. The van der Waals surface area contributed by atoms with Gasteiger partial charge in [0, 0.05) is 6.04 Å². The lowest BCUT2D eigenvalue weighted by Crippen LogP contribution is -2.44. The van der Waals surface area contributed by atoms with Crippen LogP contribution in [0.3, 0.4) is 0 Å². The minimum atomic E-state index is -0.274. The molecule has 92 valence electrons. The summed E-state index contributed by atoms with van der Waals surface area (Å²) < 4.78 is -0.172. The first kappa shape index (κ1) is 12.9. The summed E-state index contributed by atoms with van der Waals surface area (Å²) in [7, 11) is 0. The van der Waals surface area contributed by atoms with Crippen LogP contribution < -0.4 is 5.32 Å². The van der Waals surface area contributed by atoms with E-state index in [2.05, 4.69) is 44.1 Å². The van der Waals surface area contributed by atoms with Gasteiger partial charge < -0.3 is 5.32 Å². The molecule has 4 heteroatoms. The van der Waals surface area contributed by atoms with Crippen LogP contribution in [0.2, 0.25) is 0 Å². The van der Waals surface area contributed by atoms with E-state index in [9.17, 15) is 4.79 Å². The van der Waals surface area contributed by atoms with E-state index >= 15 is 0 Å². The van der Waals surface area contributed by atoms with Gasteiger partial charge in [0.2, 0.25) is 5.91 Å². The molecule has 0 heterocycles. The maximum atomic E-state index is 12.2. The summed E-state index contributed by atoms with van der Waals surface area (Å²) in [5.74, 6) is 0.820. The quantitative estimate of drug-likeness (QED) is 0.756. The molecule has 16 heavy (non-hydrogen) atoms. The van der Waals surface area contributed by atoms with Crippen LogP contribution in [0, 0.1) is 11.3 Å². The Balaban J connectivity index is 1.93. The van der Waals surface area contributed by atoms with Gasteiger partial charge in [-0.3, -0.25) is 4.79 Å². The van der Waals surface area contributed by atoms with Crippen molar-refractivity contribution < 1.29 is 4.79 Å². The van der Waals surface area contributed by atoms with E-state index in [0.29, 0.717) is 12.0 Å². The molecule has 0 saturated heterocycles. The predicted octanol–water partition coefficient (Wildman–Crippen LogP) is 3.58. The summed E-state index contributed by atoms with van der Waals surface area (Å²) in [5.41, 5.74) is -0.274. The Kier molecular flexibility index (Phi) is 3.44. The second-order valence-electron chi connectivity index (χ2n) is 5.56. The van der Waals surface area contributed by atoms with Gasteiger partial charge in [-0.25, -0.2) is 0 Å². The summed E-state index contributed by atoms with van der Waals surface area (Å²) in [4.78, 5) is 12.2. The molecule has 0 bridgehead atoms. The van der Waals surface area contributed by atoms with E-state index < -0.39 is 0 Å². The van der Waals surface area contributed by atoms with Crippen molar-refractivity contribution in [3.63, 3.8) is 0 Å². The van der Waals surface area contributed by atoms with Gasteiger partial charge in [-0.2, -0.15) is 0 Å². The smallest absolute Gasteiger partial charge is 0.228 e. The van der Waals surface area contributed by atoms with E-state index in [0.717, 1.165) is 12.8 Å². The molecule has 2 fully saturated rings. The molecule has 0 spiro atoms. The summed E-state index contributed by atoms with van der Waals surface area (Å²) in [6.45, 7) is 4.26. The molecule has 0 aromatic heterocycles. The number of nitrogens with one attached hydrogen (secondary N) is 1. The molecule has 0 aromatic carbocycles. The van der Waals surface area contributed by atoms with Crippen molar-refractivity contribution in [2.75, 3.05) is 0 Å². The maximum absolute atomic E-state index is 12.2. The summed E-state index contributed by atoms with van der Waals surface area (Å²) in [6.07, 6.45) is 5.81. The van der Waals surface area contributed by atoms with E-state index in [-0.39, 0.29) is 14.6 Å². The molecular formula is C12H19Br2NO. The van der Waals surface area contributed by atoms with Gasteiger partial charge in [-0.1, -0.05) is 51.6 Å². The zero-order chi connectivity index (χ0) is 12.0. The molecule has 0 unspecified atom stereocenters. The number of halogens is 2. The Morgan fingerprint density at radius 3 is 2.38 bits per heavy atom. The molecule has 2 saturated carbocycles. The molecule has 2 nitrogen and oxygen atoms in total. The summed E-state index contributed by atoms with van der Waals surface area (Å²) in [5, 5.41) is 3.23. The second-order valence-corrected chi connectivity index (χ2v) is 9.33. The van der Waals surface area contributed by atoms with Crippen LogP contribution in [-0.2, 0) is 4.79 Å².